The predicted molar refractivity (Wildman–Crippen MR) is 113 cm³/mol. The molecule has 8 heteroatoms. The van der Waals surface area contributed by atoms with Crippen LogP contribution in [0.2, 0.25) is 10.0 Å². The molecule has 0 saturated carbocycles. The Labute approximate surface area is 174 Å². The summed E-state index contributed by atoms with van der Waals surface area (Å²) >= 11 is 15.4. The minimum atomic E-state index is -0.421. The highest BCUT2D eigenvalue weighted by Gasteiger charge is 2.12. The van der Waals surface area contributed by atoms with Gasteiger partial charge in [-0.3, -0.25) is 9.89 Å². The summed E-state index contributed by atoms with van der Waals surface area (Å²) in [7, 11) is 0. The van der Waals surface area contributed by atoms with Gasteiger partial charge in [0.05, 0.1) is 16.9 Å². The van der Waals surface area contributed by atoms with Crippen molar-refractivity contribution in [3.8, 4) is 11.3 Å². The van der Waals surface area contributed by atoms with Crippen LogP contribution in [-0.4, -0.2) is 22.3 Å². The van der Waals surface area contributed by atoms with Gasteiger partial charge in [0.15, 0.2) is 0 Å². The number of nitrogens with one attached hydrogen (secondary N) is 2. The van der Waals surface area contributed by atoms with E-state index in [1.54, 1.807) is 24.3 Å². The maximum Gasteiger partial charge on any atom is 0.289 e. The lowest BCUT2D eigenvalue weighted by molar-refractivity contribution is 0.0950. The SMILES string of the molecule is O=C(N/N=C\C(Br)=C\c1ccccc1)c1cc(-c2ccc(Cl)cc2Cl)n[nH]1. The zero-order valence-corrected chi connectivity index (χ0v) is 16.9. The van der Waals surface area contributed by atoms with Gasteiger partial charge in [0.1, 0.15) is 5.69 Å². The van der Waals surface area contributed by atoms with Crippen LogP contribution in [0.1, 0.15) is 16.1 Å². The molecule has 0 aliphatic heterocycles. The van der Waals surface area contributed by atoms with Gasteiger partial charge in [0.25, 0.3) is 5.91 Å². The monoisotopic (exact) mass is 462 g/mol. The van der Waals surface area contributed by atoms with Gasteiger partial charge in [-0.05, 0) is 51.8 Å². The molecule has 3 rings (SSSR count). The van der Waals surface area contributed by atoms with Crippen molar-refractivity contribution < 1.29 is 4.79 Å². The molecule has 0 bridgehead atoms. The maximum absolute atomic E-state index is 12.2. The van der Waals surface area contributed by atoms with Gasteiger partial charge in [-0.1, -0.05) is 53.5 Å². The van der Waals surface area contributed by atoms with Crippen LogP contribution in [0.3, 0.4) is 0 Å². The fourth-order valence-corrected chi connectivity index (χ4v) is 3.10. The van der Waals surface area contributed by atoms with Crippen molar-refractivity contribution >= 4 is 57.3 Å². The summed E-state index contributed by atoms with van der Waals surface area (Å²) in [5.74, 6) is -0.421. The Morgan fingerprint density at radius 1 is 1.15 bits per heavy atom. The van der Waals surface area contributed by atoms with E-state index in [0.29, 0.717) is 25.8 Å². The number of hydrogen-bond donors (Lipinski definition) is 2. The minimum Gasteiger partial charge on any atom is -0.272 e. The number of aromatic amines is 1. The molecular weight excluding hydrogens is 451 g/mol. The second-order valence-electron chi connectivity index (χ2n) is 5.43. The molecule has 0 aliphatic carbocycles. The van der Waals surface area contributed by atoms with Gasteiger partial charge in [-0.25, -0.2) is 5.43 Å². The van der Waals surface area contributed by atoms with E-state index in [1.807, 2.05) is 36.4 Å². The molecule has 0 radical (unpaired) electrons. The number of amides is 1. The largest absolute Gasteiger partial charge is 0.289 e. The van der Waals surface area contributed by atoms with Crippen LogP contribution in [0.15, 0.2) is 64.2 Å². The zero-order chi connectivity index (χ0) is 19.2. The number of hydrogen-bond acceptors (Lipinski definition) is 3. The molecule has 5 nitrogen and oxygen atoms in total. The first-order chi connectivity index (χ1) is 13.0. The van der Waals surface area contributed by atoms with Crippen molar-refractivity contribution in [1.82, 2.24) is 15.6 Å². The molecule has 1 amide bonds. The van der Waals surface area contributed by atoms with Crippen LogP contribution in [0.4, 0.5) is 0 Å². The molecule has 0 saturated heterocycles. The molecule has 0 atom stereocenters. The van der Waals surface area contributed by atoms with Crippen molar-refractivity contribution in [3.63, 3.8) is 0 Å². The molecule has 0 fully saturated rings. The normalized spacial score (nSPS) is 11.7. The van der Waals surface area contributed by atoms with Gasteiger partial charge >= 0.3 is 0 Å². The Hall–Kier alpha value is -2.41. The van der Waals surface area contributed by atoms with E-state index >= 15 is 0 Å². The molecule has 3 aromatic rings. The summed E-state index contributed by atoms with van der Waals surface area (Å²) in [5.41, 5.74) is 4.93. The second-order valence-corrected chi connectivity index (χ2v) is 7.19. The summed E-state index contributed by atoms with van der Waals surface area (Å²) in [5, 5.41) is 11.7. The number of carbonyl (C=O) groups excluding carboxylic acids is 1. The minimum absolute atomic E-state index is 0.260. The number of aromatic nitrogens is 2. The molecule has 0 unspecified atom stereocenters. The third-order valence-corrected chi connectivity index (χ3v) is 4.47. The van der Waals surface area contributed by atoms with Gasteiger partial charge in [-0.15, -0.1) is 0 Å². The van der Waals surface area contributed by atoms with E-state index < -0.39 is 5.91 Å². The third kappa shape index (κ3) is 5.29. The summed E-state index contributed by atoms with van der Waals surface area (Å²) in [4.78, 5) is 12.2. The first-order valence-corrected chi connectivity index (χ1v) is 9.34. The predicted octanol–water partition coefficient (Wildman–Crippen LogP) is 5.54. The van der Waals surface area contributed by atoms with E-state index in [1.165, 1.54) is 6.21 Å². The number of rotatable bonds is 5. The lowest BCUT2D eigenvalue weighted by Crippen LogP contribution is -2.17. The van der Waals surface area contributed by atoms with Crippen molar-refractivity contribution in [1.29, 1.82) is 0 Å². The topological polar surface area (TPSA) is 70.1 Å². The first-order valence-electron chi connectivity index (χ1n) is 7.79. The van der Waals surface area contributed by atoms with Crippen LogP contribution >= 0.6 is 39.1 Å². The van der Waals surface area contributed by atoms with Gasteiger partial charge in [0, 0.05) is 15.1 Å². The van der Waals surface area contributed by atoms with Crippen LogP contribution in [0.25, 0.3) is 17.3 Å². The molecule has 136 valence electrons. The van der Waals surface area contributed by atoms with Crippen molar-refractivity contribution in [2.45, 2.75) is 0 Å². The summed E-state index contributed by atoms with van der Waals surface area (Å²) < 4.78 is 0.715. The van der Waals surface area contributed by atoms with Crippen LogP contribution in [0.5, 0.6) is 0 Å². The van der Waals surface area contributed by atoms with E-state index in [4.69, 9.17) is 23.2 Å². The zero-order valence-electron chi connectivity index (χ0n) is 13.8. The van der Waals surface area contributed by atoms with E-state index in [-0.39, 0.29) is 5.69 Å². The molecule has 2 N–H and O–H groups in total. The molecular formula is C19H13BrCl2N4O. The summed E-state index contributed by atoms with van der Waals surface area (Å²) in [6.45, 7) is 0. The first kappa shape index (κ1) is 19.4. The lowest BCUT2D eigenvalue weighted by atomic mass is 10.1. The molecule has 2 aromatic carbocycles. The number of halogens is 3. The Morgan fingerprint density at radius 3 is 2.67 bits per heavy atom. The number of allylic oxidation sites excluding steroid dienone is 1. The highest BCUT2D eigenvalue weighted by Crippen LogP contribution is 2.29. The van der Waals surface area contributed by atoms with Crippen molar-refractivity contribution in [2.75, 3.05) is 0 Å². The highest BCUT2D eigenvalue weighted by atomic mass is 79.9. The van der Waals surface area contributed by atoms with Gasteiger partial charge < -0.3 is 0 Å². The number of hydrazone groups is 1. The quantitative estimate of drug-likeness (QED) is 0.385. The Bertz CT molecular complexity index is 1020. The average molecular weight is 464 g/mol. The van der Waals surface area contributed by atoms with Crippen molar-refractivity contribution in [3.05, 3.63) is 80.4 Å². The molecule has 1 aromatic heterocycles. The Morgan fingerprint density at radius 2 is 1.93 bits per heavy atom. The fourth-order valence-electron chi connectivity index (χ4n) is 2.23. The summed E-state index contributed by atoms with van der Waals surface area (Å²) in [6.07, 6.45) is 3.38. The van der Waals surface area contributed by atoms with Gasteiger partial charge in [-0.2, -0.15) is 10.2 Å². The molecule has 0 spiro atoms. The van der Waals surface area contributed by atoms with Crippen LogP contribution in [-0.2, 0) is 0 Å². The maximum atomic E-state index is 12.2. The smallest absolute Gasteiger partial charge is 0.272 e. The Balaban J connectivity index is 1.65. The number of nitrogens with zero attached hydrogens (tertiary/aromatic N) is 2. The van der Waals surface area contributed by atoms with Crippen molar-refractivity contribution in [2.24, 2.45) is 5.10 Å². The number of H-pyrrole nitrogens is 1. The average Bonchev–Trinajstić information content (AvgIpc) is 3.12. The fraction of sp³-hybridized carbons (Fsp3) is 0. The molecule has 0 aliphatic rings. The standard InChI is InChI=1S/C19H13BrCl2N4O/c20-13(8-12-4-2-1-3-5-12)11-23-26-19(27)18-10-17(24-25-18)15-7-6-14(21)9-16(15)22/h1-11H,(H,24,25)(H,26,27)/b13-8-,23-11-. The van der Waals surface area contributed by atoms with Gasteiger partial charge in [0.2, 0.25) is 0 Å². The van der Waals surface area contributed by atoms with E-state index in [2.05, 4.69) is 36.7 Å². The van der Waals surface area contributed by atoms with E-state index in [9.17, 15) is 4.79 Å². The number of benzene rings is 2. The third-order valence-electron chi connectivity index (χ3n) is 3.49. The molecule has 1 heterocycles. The lowest BCUT2D eigenvalue weighted by Gasteiger charge is -2.00. The second kappa shape index (κ2) is 8.99. The Kier molecular flexibility index (Phi) is 6.45. The van der Waals surface area contributed by atoms with Crippen LogP contribution < -0.4 is 5.43 Å². The number of carbonyl (C=O) groups is 1. The molecule has 27 heavy (non-hydrogen) atoms. The van der Waals surface area contributed by atoms with E-state index in [0.717, 1.165) is 5.56 Å². The summed E-state index contributed by atoms with van der Waals surface area (Å²) in [6, 6.07) is 16.4. The van der Waals surface area contributed by atoms with Crippen LogP contribution in [0, 0.1) is 0 Å². The highest BCUT2D eigenvalue weighted by molar-refractivity contribution is 9.12.